The van der Waals surface area contributed by atoms with Crippen LogP contribution in [0.2, 0.25) is 0 Å². The highest BCUT2D eigenvalue weighted by Crippen LogP contribution is 2.33. The summed E-state index contributed by atoms with van der Waals surface area (Å²) in [6, 6.07) is 12.3. The van der Waals surface area contributed by atoms with E-state index in [-0.39, 0.29) is 10.9 Å². The van der Waals surface area contributed by atoms with E-state index in [0.29, 0.717) is 11.2 Å². The van der Waals surface area contributed by atoms with Crippen molar-refractivity contribution in [3.63, 3.8) is 0 Å². The molecule has 2 heterocycles. The fourth-order valence-electron chi connectivity index (χ4n) is 2.77. The summed E-state index contributed by atoms with van der Waals surface area (Å²) in [5.74, 6) is -0.554. The van der Waals surface area contributed by atoms with Crippen molar-refractivity contribution >= 4 is 43.3 Å². The molecule has 4 aromatic rings. The van der Waals surface area contributed by atoms with Crippen LogP contribution in [0.4, 0.5) is 11.4 Å². The zero-order valence-electron chi connectivity index (χ0n) is 14.1. The summed E-state index contributed by atoms with van der Waals surface area (Å²) in [4.78, 5) is 18.6. The molecule has 0 aliphatic rings. The molecule has 0 unspecified atom stereocenters. The molecule has 10 heteroatoms. The van der Waals surface area contributed by atoms with Gasteiger partial charge in [0.15, 0.2) is 11.4 Å². The lowest BCUT2D eigenvalue weighted by atomic mass is 10.2. The van der Waals surface area contributed by atoms with Gasteiger partial charge in [-0.2, -0.15) is 8.42 Å². The Morgan fingerprint density at radius 3 is 2.61 bits per heavy atom. The Labute approximate surface area is 157 Å². The van der Waals surface area contributed by atoms with E-state index in [1.54, 1.807) is 24.4 Å². The van der Waals surface area contributed by atoms with Crippen molar-refractivity contribution in [2.45, 2.75) is 4.90 Å². The molecule has 3 N–H and O–H groups in total. The number of benzene rings is 2. The lowest BCUT2D eigenvalue weighted by Crippen LogP contribution is -2.06. The van der Waals surface area contributed by atoms with Gasteiger partial charge in [-0.15, -0.1) is 10.2 Å². The molecule has 0 saturated carbocycles. The number of azo groups is 1. The highest BCUT2D eigenvalue weighted by Gasteiger charge is 2.16. The molecule has 0 atom stereocenters. The van der Waals surface area contributed by atoms with Crippen molar-refractivity contribution in [1.82, 2.24) is 9.97 Å². The van der Waals surface area contributed by atoms with Gasteiger partial charge in [0.05, 0.1) is 15.9 Å². The summed E-state index contributed by atoms with van der Waals surface area (Å²) in [6.45, 7) is 0. The van der Waals surface area contributed by atoms with Crippen LogP contribution < -0.4 is 5.56 Å². The van der Waals surface area contributed by atoms with Gasteiger partial charge in [0.2, 0.25) is 0 Å². The minimum atomic E-state index is -4.48. The number of H-pyrrole nitrogens is 1. The Balaban J connectivity index is 1.88. The Morgan fingerprint density at radius 1 is 1.04 bits per heavy atom. The van der Waals surface area contributed by atoms with Crippen molar-refractivity contribution < 1.29 is 18.1 Å². The predicted octanol–water partition coefficient (Wildman–Crippen LogP) is 3.44. The molecule has 140 valence electrons. The van der Waals surface area contributed by atoms with Crippen LogP contribution in [-0.2, 0) is 10.1 Å². The summed E-state index contributed by atoms with van der Waals surface area (Å²) in [5, 5.41) is 19.1. The van der Waals surface area contributed by atoms with Crippen LogP contribution in [0.1, 0.15) is 0 Å². The van der Waals surface area contributed by atoms with Crippen LogP contribution in [0.25, 0.3) is 21.8 Å². The van der Waals surface area contributed by atoms with Gasteiger partial charge in [-0.3, -0.25) is 14.3 Å². The standard InChI is InChI=1S/C18H12N4O5S/c23-17-12-9-11(28(25,26)27)6-7-13(12)20-18(24)16(17)22-21-14-5-1-3-10-4-2-8-19-15(10)14/h1-9H,(H2,20,23,24)(H,25,26,27)/b22-21+. The number of hydrogen-bond acceptors (Lipinski definition) is 7. The third kappa shape index (κ3) is 3.10. The van der Waals surface area contributed by atoms with E-state index in [1.165, 1.54) is 6.07 Å². The van der Waals surface area contributed by atoms with E-state index in [1.807, 2.05) is 12.1 Å². The van der Waals surface area contributed by atoms with Gasteiger partial charge < -0.3 is 10.1 Å². The number of nitrogens with zero attached hydrogens (tertiary/aromatic N) is 3. The van der Waals surface area contributed by atoms with Crippen LogP contribution >= 0.6 is 0 Å². The molecule has 0 bridgehead atoms. The van der Waals surface area contributed by atoms with Gasteiger partial charge in [0.25, 0.3) is 15.7 Å². The first kappa shape index (κ1) is 17.8. The van der Waals surface area contributed by atoms with Crippen molar-refractivity contribution in [2.75, 3.05) is 0 Å². The summed E-state index contributed by atoms with van der Waals surface area (Å²) in [5.41, 5.74) is 0.0398. The first-order valence-electron chi connectivity index (χ1n) is 7.96. The summed E-state index contributed by atoms with van der Waals surface area (Å²) in [7, 11) is -4.48. The second kappa shape index (κ2) is 6.51. The zero-order chi connectivity index (χ0) is 19.9. The zero-order valence-corrected chi connectivity index (χ0v) is 14.9. The Hall–Kier alpha value is -3.63. The van der Waals surface area contributed by atoms with Crippen molar-refractivity contribution in [3.05, 3.63) is 65.1 Å². The molecule has 0 spiro atoms. The third-order valence-electron chi connectivity index (χ3n) is 4.10. The molecule has 28 heavy (non-hydrogen) atoms. The minimum absolute atomic E-state index is 0.000260. The summed E-state index contributed by atoms with van der Waals surface area (Å²) >= 11 is 0. The molecule has 0 fully saturated rings. The lowest BCUT2D eigenvalue weighted by molar-refractivity contribution is 0.480. The van der Waals surface area contributed by atoms with E-state index in [0.717, 1.165) is 17.5 Å². The van der Waals surface area contributed by atoms with Gasteiger partial charge in [-0.05, 0) is 30.3 Å². The van der Waals surface area contributed by atoms with E-state index >= 15 is 0 Å². The number of rotatable bonds is 3. The van der Waals surface area contributed by atoms with Crippen molar-refractivity contribution in [2.24, 2.45) is 10.2 Å². The van der Waals surface area contributed by atoms with Gasteiger partial charge in [0.1, 0.15) is 5.69 Å². The first-order valence-corrected chi connectivity index (χ1v) is 9.40. The molecule has 4 rings (SSSR count). The monoisotopic (exact) mass is 396 g/mol. The van der Waals surface area contributed by atoms with E-state index in [4.69, 9.17) is 0 Å². The highest BCUT2D eigenvalue weighted by molar-refractivity contribution is 7.85. The summed E-state index contributed by atoms with van der Waals surface area (Å²) < 4.78 is 31.8. The van der Waals surface area contributed by atoms with Crippen molar-refractivity contribution in [1.29, 1.82) is 0 Å². The van der Waals surface area contributed by atoms with Gasteiger partial charge in [0, 0.05) is 17.0 Å². The fourth-order valence-corrected chi connectivity index (χ4v) is 3.28. The number of para-hydroxylation sites is 1. The van der Waals surface area contributed by atoms with E-state index in [2.05, 4.69) is 20.2 Å². The second-order valence-corrected chi connectivity index (χ2v) is 7.31. The van der Waals surface area contributed by atoms with Crippen LogP contribution in [0.15, 0.2) is 74.6 Å². The maximum atomic E-state index is 12.3. The largest absolute Gasteiger partial charge is 0.505 e. The lowest BCUT2D eigenvalue weighted by Gasteiger charge is -2.05. The number of hydrogen-bond donors (Lipinski definition) is 3. The molecule has 2 aromatic heterocycles. The van der Waals surface area contributed by atoms with E-state index in [9.17, 15) is 22.9 Å². The van der Waals surface area contributed by atoms with Crippen LogP contribution in [-0.4, -0.2) is 28.0 Å². The number of aromatic nitrogens is 2. The SMILES string of the molecule is O=c1[nH]c2ccc(S(=O)(=O)O)cc2c(O)c1/N=N/c1cccc2cccnc12. The number of fused-ring (bicyclic) bond motifs is 2. The smallest absolute Gasteiger partial charge is 0.294 e. The number of aromatic hydroxyl groups is 1. The third-order valence-corrected chi connectivity index (χ3v) is 4.95. The molecular weight excluding hydrogens is 384 g/mol. The maximum Gasteiger partial charge on any atom is 0.294 e. The topological polar surface area (TPSA) is 145 Å². The average molecular weight is 396 g/mol. The van der Waals surface area contributed by atoms with Crippen molar-refractivity contribution in [3.8, 4) is 5.75 Å². The first-order chi connectivity index (χ1) is 13.3. The Morgan fingerprint density at radius 2 is 1.82 bits per heavy atom. The number of nitrogens with one attached hydrogen (secondary N) is 1. The molecule has 0 saturated heterocycles. The summed E-state index contributed by atoms with van der Waals surface area (Å²) in [6.07, 6.45) is 1.60. The molecule has 0 amide bonds. The maximum absolute atomic E-state index is 12.3. The van der Waals surface area contributed by atoms with Crippen LogP contribution in [0.3, 0.4) is 0 Å². The number of aromatic amines is 1. The van der Waals surface area contributed by atoms with E-state index < -0.39 is 32.0 Å². The normalized spacial score (nSPS) is 12.2. The Bertz CT molecular complexity index is 1420. The molecular formula is C18H12N4O5S. The Kier molecular flexibility index (Phi) is 4.13. The molecule has 2 aromatic carbocycles. The highest BCUT2D eigenvalue weighted by atomic mass is 32.2. The second-order valence-electron chi connectivity index (χ2n) is 5.89. The number of pyridine rings is 2. The predicted molar refractivity (Wildman–Crippen MR) is 102 cm³/mol. The molecule has 9 nitrogen and oxygen atoms in total. The average Bonchev–Trinajstić information content (AvgIpc) is 2.67. The molecule has 0 radical (unpaired) electrons. The van der Waals surface area contributed by atoms with Gasteiger partial charge >= 0.3 is 0 Å². The molecule has 0 aliphatic carbocycles. The van der Waals surface area contributed by atoms with Crippen LogP contribution in [0, 0.1) is 0 Å². The molecule has 0 aliphatic heterocycles. The minimum Gasteiger partial charge on any atom is -0.505 e. The quantitative estimate of drug-likeness (QED) is 0.357. The van der Waals surface area contributed by atoms with Gasteiger partial charge in [-0.1, -0.05) is 18.2 Å². The van der Waals surface area contributed by atoms with Gasteiger partial charge in [-0.25, -0.2) is 0 Å². The fraction of sp³-hybridized carbons (Fsp3) is 0. The van der Waals surface area contributed by atoms with Crippen LogP contribution in [0.5, 0.6) is 5.75 Å².